The molecule has 0 saturated carbocycles. The number of unbranched alkanes of at least 4 members (excludes halogenated alkanes) is 4. The van der Waals surface area contributed by atoms with Crippen LogP contribution in [0.25, 0.3) is 0 Å². The Morgan fingerprint density at radius 2 is 1.69 bits per heavy atom. The van der Waals surface area contributed by atoms with Gasteiger partial charge in [-0.25, -0.2) is 0 Å². The smallest absolute Gasteiger partial charge is 0.303 e. The summed E-state index contributed by atoms with van der Waals surface area (Å²) >= 11 is 0. The second-order valence-corrected chi connectivity index (χ2v) is 4.76. The quantitative estimate of drug-likeness (QED) is 0.649. The van der Waals surface area contributed by atoms with E-state index in [4.69, 9.17) is 9.84 Å². The van der Waals surface area contributed by atoms with Gasteiger partial charge in [-0.1, -0.05) is 32.1 Å². The highest BCUT2D eigenvalue weighted by molar-refractivity contribution is 5.66. The molecule has 3 nitrogen and oxygen atoms in total. The summed E-state index contributed by atoms with van der Waals surface area (Å²) in [6.07, 6.45) is 9.80. The highest BCUT2D eigenvalue weighted by atomic mass is 16.5. The number of hydrogen-bond acceptors (Lipinski definition) is 2. The van der Waals surface area contributed by atoms with Gasteiger partial charge in [-0.3, -0.25) is 4.79 Å². The zero-order valence-corrected chi connectivity index (χ0v) is 10.1. The third-order valence-corrected chi connectivity index (χ3v) is 3.34. The van der Waals surface area contributed by atoms with Gasteiger partial charge in [0.15, 0.2) is 0 Å². The van der Waals surface area contributed by atoms with Gasteiger partial charge in [-0.05, 0) is 25.2 Å². The molecule has 1 aliphatic rings. The molecule has 3 heteroatoms. The van der Waals surface area contributed by atoms with Crippen LogP contribution in [-0.2, 0) is 9.53 Å². The van der Waals surface area contributed by atoms with Crippen molar-refractivity contribution in [2.45, 2.75) is 57.8 Å². The maximum Gasteiger partial charge on any atom is 0.303 e. The van der Waals surface area contributed by atoms with Crippen LogP contribution >= 0.6 is 0 Å². The van der Waals surface area contributed by atoms with Gasteiger partial charge in [-0.2, -0.15) is 0 Å². The predicted octanol–water partition coefficient (Wildman–Crippen LogP) is 3.23. The minimum Gasteiger partial charge on any atom is -0.481 e. The molecule has 0 amide bonds. The maximum absolute atomic E-state index is 10.3. The molecule has 0 aromatic rings. The first kappa shape index (κ1) is 13.5. The van der Waals surface area contributed by atoms with Crippen LogP contribution in [0.5, 0.6) is 0 Å². The largest absolute Gasteiger partial charge is 0.481 e. The molecule has 0 unspecified atom stereocenters. The van der Waals surface area contributed by atoms with Crippen LogP contribution in [-0.4, -0.2) is 24.3 Å². The fourth-order valence-corrected chi connectivity index (χ4v) is 2.27. The van der Waals surface area contributed by atoms with E-state index in [1.54, 1.807) is 0 Å². The van der Waals surface area contributed by atoms with Crippen LogP contribution in [0, 0.1) is 5.92 Å². The van der Waals surface area contributed by atoms with E-state index in [0.29, 0.717) is 6.42 Å². The molecule has 0 atom stereocenters. The zero-order valence-electron chi connectivity index (χ0n) is 10.1. The van der Waals surface area contributed by atoms with Crippen molar-refractivity contribution in [2.24, 2.45) is 5.92 Å². The van der Waals surface area contributed by atoms with Crippen LogP contribution in [0.15, 0.2) is 0 Å². The van der Waals surface area contributed by atoms with E-state index in [1.165, 1.54) is 38.5 Å². The average Bonchev–Trinajstić information content (AvgIpc) is 2.29. The first-order valence-electron chi connectivity index (χ1n) is 6.58. The summed E-state index contributed by atoms with van der Waals surface area (Å²) in [7, 11) is 0. The maximum atomic E-state index is 10.3. The number of hydrogen-bond donors (Lipinski definition) is 1. The standard InChI is InChI=1S/C13H24O3/c14-13(15)7-5-3-1-2-4-6-12-8-10-16-11-9-12/h12H,1-11H2,(H,14,15). The van der Waals surface area contributed by atoms with Crippen molar-refractivity contribution >= 4 is 5.97 Å². The molecule has 1 aliphatic heterocycles. The van der Waals surface area contributed by atoms with E-state index in [9.17, 15) is 4.79 Å². The third-order valence-electron chi connectivity index (χ3n) is 3.34. The van der Waals surface area contributed by atoms with Crippen molar-refractivity contribution in [1.82, 2.24) is 0 Å². The summed E-state index contributed by atoms with van der Waals surface area (Å²) in [6.45, 7) is 1.90. The van der Waals surface area contributed by atoms with Gasteiger partial charge in [0.2, 0.25) is 0 Å². The van der Waals surface area contributed by atoms with E-state index >= 15 is 0 Å². The minimum atomic E-state index is -0.665. The Morgan fingerprint density at radius 3 is 2.38 bits per heavy atom. The molecular weight excluding hydrogens is 204 g/mol. The lowest BCUT2D eigenvalue weighted by molar-refractivity contribution is -0.137. The SMILES string of the molecule is O=C(O)CCCCCCCC1CCOCC1. The summed E-state index contributed by atoms with van der Waals surface area (Å²) in [6, 6.07) is 0. The van der Waals surface area contributed by atoms with Gasteiger partial charge in [0.1, 0.15) is 0 Å². The Morgan fingerprint density at radius 1 is 1.06 bits per heavy atom. The van der Waals surface area contributed by atoms with Crippen LogP contribution in [0.2, 0.25) is 0 Å². The molecule has 0 radical (unpaired) electrons. The lowest BCUT2D eigenvalue weighted by atomic mass is 9.93. The van der Waals surface area contributed by atoms with E-state index in [-0.39, 0.29) is 0 Å². The molecule has 1 N–H and O–H groups in total. The molecule has 0 aromatic carbocycles. The Hall–Kier alpha value is -0.570. The Labute approximate surface area is 98.2 Å². The first-order chi connectivity index (χ1) is 7.79. The topological polar surface area (TPSA) is 46.5 Å². The van der Waals surface area contributed by atoms with Crippen molar-refractivity contribution in [3.63, 3.8) is 0 Å². The Bertz CT molecular complexity index is 186. The predicted molar refractivity (Wildman–Crippen MR) is 63.5 cm³/mol. The zero-order chi connectivity index (χ0) is 11.6. The molecule has 0 aromatic heterocycles. The highest BCUT2D eigenvalue weighted by Gasteiger charge is 2.12. The fourth-order valence-electron chi connectivity index (χ4n) is 2.27. The van der Waals surface area contributed by atoms with Gasteiger partial charge in [0.25, 0.3) is 0 Å². The number of aliphatic carboxylic acids is 1. The summed E-state index contributed by atoms with van der Waals surface area (Å²) in [4.78, 5) is 10.3. The lowest BCUT2D eigenvalue weighted by Crippen LogP contribution is -2.15. The normalized spacial score (nSPS) is 17.5. The van der Waals surface area contributed by atoms with E-state index in [2.05, 4.69) is 0 Å². The number of rotatable bonds is 8. The molecule has 0 aliphatic carbocycles. The summed E-state index contributed by atoms with van der Waals surface area (Å²) in [5.41, 5.74) is 0. The first-order valence-corrected chi connectivity index (χ1v) is 6.58. The summed E-state index contributed by atoms with van der Waals surface area (Å²) < 4.78 is 5.33. The van der Waals surface area contributed by atoms with Gasteiger partial charge >= 0.3 is 5.97 Å². The Kier molecular flexibility index (Phi) is 7.23. The molecule has 1 heterocycles. The van der Waals surface area contributed by atoms with Gasteiger partial charge in [0.05, 0.1) is 0 Å². The van der Waals surface area contributed by atoms with Crippen LogP contribution in [0.4, 0.5) is 0 Å². The van der Waals surface area contributed by atoms with Crippen LogP contribution in [0.1, 0.15) is 57.8 Å². The second-order valence-electron chi connectivity index (χ2n) is 4.76. The molecule has 94 valence electrons. The molecule has 16 heavy (non-hydrogen) atoms. The van der Waals surface area contributed by atoms with Gasteiger partial charge in [0, 0.05) is 19.6 Å². The van der Waals surface area contributed by atoms with Crippen molar-refractivity contribution in [2.75, 3.05) is 13.2 Å². The number of ether oxygens (including phenoxy) is 1. The number of carboxylic acids is 1. The average molecular weight is 228 g/mol. The van der Waals surface area contributed by atoms with Crippen molar-refractivity contribution < 1.29 is 14.6 Å². The Balaban J connectivity index is 1.82. The van der Waals surface area contributed by atoms with Crippen LogP contribution < -0.4 is 0 Å². The van der Waals surface area contributed by atoms with Crippen molar-refractivity contribution in [3.05, 3.63) is 0 Å². The van der Waals surface area contributed by atoms with E-state index < -0.39 is 5.97 Å². The third kappa shape index (κ3) is 6.83. The fraction of sp³-hybridized carbons (Fsp3) is 0.923. The lowest BCUT2D eigenvalue weighted by Gasteiger charge is -2.21. The minimum absolute atomic E-state index is 0.333. The molecule has 0 spiro atoms. The molecule has 1 fully saturated rings. The second kappa shape index (κ2) is 8.57. The monoisotopic (exact) mass is 228 g/mol. The summed E-state index contributed by atoms with van der Waals surface area (Å²) in [5.74, 6) is 0.218. The highest BCUT2D eigenvalue weighted by Crippen LogP contribution is 2.21. The molecule has 1 rings (SSSR count). The molecule has 1 saturated heterocycles. The molecule has 0 bridgehead atoms. The van der Waals surface area contributed by atoms with Gasteiger partial charge in [-0.15, -0.1) is 0 Å². The molecular formula is C13H24O3. The van der Waals surface area contributed by atoms with Gasteiger partial charge < -0.3 is 9.84 Å². The number of carbonyl (C=O) groups is 1. The number of carboxylic acid groups (broad SMARTS) is 1. The van der Waals surface area contributed by atoms with Crippen molar-refractivity contribution in [3.8, 4) is 0 Å². The van der Waals surface area contributed by atoms with E-state index in [0.717, 1.165) is 32.0 Å². The van der Waals surface area contributed by atoms with E-state index in [1.807, 2.05) is 0 Å². The van der Waals surface area contributed by atoms with Crippen LogP contribution in [0.3, 0.4) is 0 Å². The summed E-state index contributed by atoms with van der Waals surface area (Å²) in [5, 5.41) is 8.47. The van der Waals surface area contributed by atoms with Crippen molar-refractivity contribution in [1.29, 1.82) is 0 Å².